The smallest absolute Gasteiger partial charge is 0.0771 e. The predicted molar refractivity (Wildman–Crippen MR) is 306 cm³/mol. The Labute approximate surface area is 483 Å². The summed E-state index contributed by atoms with van der Waals surface area (Å²) < 4.78 is 2.83. The predicted octanol–water partition coefficient (Wildman–Crippen LogP) is 12.8. The fourth-order valence-electron chi connectivity index (χ4n) is 8.55. The molecule has 0 N–H and O–H groups in total. The van der Waals surface area contributed by atoms with Gasteiger partial charge >= 0.3 is 198 Å². The normalized spacial score (nSPS) is 11.6. The standard InChI is InChI=1S/2C13H9.2C13H10.2C9H13.2ClH.2Zr/c2*1-3-7-12-10(5-1)9-11-6-2-4-8-13(11)12;2*1-3-7-12(8-4-1)11-13-9-5-2-6-10-13;2*1-2-3-6-9-7-4-5-8-9;;;;/h2*1-9H;2*1-10H;2*7-8H,2-4,6H2,1H3;2*1H;;/q2*-1;;;2*-1;;;2*+2/p-2. The van der Waals surface area contributed by atoms with E-state index in [0.29, 0.717) is 0 Å². The molecule has 0 amide bonds. The minimum atomic E-state index is 0. The van der Waals surface area contributed by atoms with Crippen molar-refractivity contribution in [3.05, 3.63) is 300 Å². The van der Waals surface area contributed by atoms with Crippen LogP contribution >= 0.6 is 0 Å². The van der Waals surface area contributed by atoms with Crippen LogP contribution in [0.2, 0.25) is 0 Å². The Hall–Kier alpha value is -5.45. The molecule has 2 aliphatic rings. The Balaban J connectivity index is 0.000000165. The molecule has 0 atom stereocenters. The molecule has 0 heterocycles. The molecule has 368 valence electrons. The van der Waals surface area contributed by atoms with Crippen molar-refractivity contribution in [3.63, 3.8) is 0 Å². The van der Waals surface area contributed by atoms with E-state index < -0.39 is 0 Å². The summed E-state index contributed by atoms with van der Waals surface area (Å²) in [6, 6.07) is 80.8. The molecular formula is C70H64Cl2Zr2-2. The third kappa shape index (κ3) is 18.4. The number of benzene rings is 8. The monoisotopic (exact) mass is 1150 g/mol. The molecule has 0 spiro atoms. The first kappa shape index (κ1) is 59.4. The fourth-order valence-corrected chi connectivity index (χ4v) is 10.2. The number of hydrogen-bond donors (Lipinski definition) is 0. The van der Waals surface area contributed by atoms with E-state index in [9.17, 15) is 0 Å². The maximum Gasteiger partial charge on any atom is -0.0771 e. The molecule has 0 saturated carbocycles. The van der Waals surface area contributed by atoms with Gasteiger partial charge in [-0.3, -0.25) is 12.2 Å². The third-order valence-electron chi connectivity index (χ3n) is 12.5. The summed E-state index contributed by atoms with van der Waals surface area (Å²) >= 11 is 2.92. The molecule has 10 aromatic carbocycles. The molecule has 74 heavy (non-hydrogen) atoms. The first-order valence-corrected chi connectivity index (χ1v) is 27.9. The zero-order chi connectivity index (χ0) is 50.0. The Morgan fingerprint density at radius 3 is 0.838 bits per heavy atom. The largest absolute Gasteiger partial charge is 0.126 e. The summed E-state index contributed by atoms with van der Waals surface area (Å²) in [6.45, 7) is 4.45. The van der Waals surface area contributed by atoms with Crippen molar-refractivity contribution in [1.29, 1.82) is 0 Å². The van der Waals surface area contributed by atoms with Gasteiger partial charge < -0.3 is 24.8 Å². The van der Waals surface area contributed by atoms with Gasteiger partial charge in [0.2, 0.25) is 0 Å². The van der Waals surface area contributed by atoms with Crippen LogP contribution in [0.3, 0.4) is 0 Å². The van der Waals surface area contributed by atoms with Crippen molar-refractivity contribution < 1.29 is 73.3 Å². The molecule has 0 fully saturated rings. The Kier molecular flexibility index (Phi) is 26.9. The summed E-state index contributed by atoms with van der Waals surface area (Å²) in [5, 5.41) is 10.8. The summed E-state index contributed by atoms with van der Waals surface area (Å²) in [5.41, 5.74) is 8.29. The number of rotatable bonds is 10. The minimum absolute atomic E-state index is 0. The molecule has 10 aromatic rings. The van der Waals surface area contributed by atoms with E-state index in [-0.39, 0.29) is 24.8 Å². The van der Waals surface area contributed by atoms with E-state index >= 15 is 0 Å². The molecule has 0 radical (unpaired) electrons. The Morgan fingerprint density at radius 1 is 0.365 bits per heavy atom. The second-order valence-electron chi connectivity index (χ2n) is 17.7. The van der Waals surface area contributed by atoms with Crippen LogP contribution in [0.25, 0.3) is 43.1 Å². The molecule has 2 aliphatic carbocycles. The van der Waals surface area contributed by atoms with Gasteiger partial charge in [0, 0.05) is 0 Å². The van der Waals surface area contributed by atoms with Crippen molar-refractivity contribution >= 4 is 49.5 Å². The molecule has 0 unspecified atom stereocenters. The first-order chi connectivity index (χ1) is 35.5. The summed E-state index contributed by atoms with van der Waals surface area (Å²) in [7, 11) is 0. The molecule has 12 rings (SSSR count). The van der Waals surface area contributed by atoms with Crippen LogP contribution < -0.4 is 24.8 Å². The van der Waals surface area contributed by atoms with Crippen LogP contribution in [0, 0.1) is 12.2 Å². The first-order valence-electron chi connectivity index (χ1n) is 25.5. The van der Waals surface area contributed by atoms with E-state index in [1.165, 1.54) is 170 Å². The molecule has 0 aromatic heterocycles. The van der Waals surface area contributed by atoms with E-state index in [1.807, 2.05) is 0 Å². The molecular weight excluding hydrogens is 1090 g/mol. The molecule has 4 heteroatoms. The van der Waals surface area contributed by atoms with Gasteiger partial charge in [0.05, 0.1) is 0 Å². The van der Waals surface area contributed by atoms with Crippen LogP contribution in [0.15, 0.2) is 266 Å². The van der Waals surface area contributed by atoms with Gasteiger partial charge in [-0.05, 0) is 0 Å². The average molecular weight is 1160 g/mol. The topological polar surface area (TPSA) is 0 Å². The number of halogens is 2. The van der Waals surface area contributed by atoms with E-state index in [1.54, 1.807) is 0 Å². The van der Waals surface area contributed by atoms with Crippen LogP contribution in [-0.4, -0.2) is 6.41 Å². The number of fused-ring (bicyclic) bond motifs is 6. The van der Waals surface area contributed by atoms with Gasteiger partial charge in [0.1, 0.15) is 0 Å². The maximum absolute atomic E-state index is 3.16. The zero-order valence-corrected chi connectivity index (χ0v) is 49.1. The van der Waals surface area contributed by atoms with Crippen LogP contribution in [0.4, 0.5) is 0 Å². The summed E-state index contributed by atoms with van der Waals surface area (Å²) in [4.78, 5) is 0. The molecule has 0 saturated heterocycles. The van der Waals surface area contributed by atoms with Gasteiger partial charge in [0.15, 0.2) is 0 Å². The van der Waals surface area contributed by atoms with E-state index in [2.05, 4.69) is 281 Å². The van der Waals surface area contributed by atoms with Gasteiger partial charge in [0.25, 0.3) is 0 Å². The Morgan fingerprint density at radius 2 is 0.608 bits per heavy atom. The SMILES string of the molecule is CCCCC1=CC[C-]=C1.CCCCC1=CC[C-]=C1.[Cl-].[Cl-].[Zr+2]=[C](c1ccccc1)c1ccccc1.[Zr+2]=[C](c1ccccc1)c1ccccc1.c1ccc2c(c1)[cH-]c1ccccc12.c1ccc2c(c1)[cH-]c1ccccc12. The molecule has 0 bridgehead atoms. The quantitative estimate of drug-likeness (QED) is 0.120. The Bertz CT molecular complexity index is 2930. The van der Waals surface area contributed by atoms with Crippen LogP contribution in [0.5, 0.6) is 0 Å². The van der Waals surface area contributed by atoms with Gasteiger partial charge in [-0.15, -0.1) is 92.3 Å². The second-order valence-corrected chi connectivity index (χ2v) is 20.2. The summed E-state index contributed by atoms with van der Waals surface area (Å²) in [5.74, 6) is 0. The van der Waals surface area contributed by atoms with Gasteiger partial charge in [-0.2, -0.15) is 12.2 Å². The van der Waals surface area contributed by atoms with Crippen molar-refractivity contribution in [2.45, 2.75) is 65.2 Å². The summed E-state index contributed by atoms with van der Waals surface area (Å²) in [6.07, 6.45) is 24.9. The van der Waals surface area contributed by atoms with Crippen molar-refractivity contribution in [2.24, 2.45) is 0 Å². The minimum Gasteiger partial charge on any atom is -0.126 e. The van der Waals surface area contributed by atoms with E-state index in [0.717, 1.165) is 12.8 Å². The molecule has 0 nitrogen and oxygen atoms in total. The average Bonchev–Trinajstić information content (AvgIpc) is 4.31. The number of unbranched alkanes of at least 4 members (excludes halogenated alkanes) is 2. The number of hydrogen-bond acceptors (Lipinski definition) is 0. The maximum atomic E-state index is 3.16. The van der Waals surface area contributed by atoms with Crippen molar-refractivity contribution in [3.8, 4) is 0 Å². The molecule has 0 aliphatic heterocycles. The van der Waals surface area contributed by atoms with Crippen molar-refractivity contribution in [2.75, 3.05) is 0 Å². The van der Waals surface area contributed by atoms with Crippen molar-refractivity contribution in [1.82, 2.24) is 0 Å². The number of allylic oxidation sites excluding steroid dienone is 8. The zero-order valence-electron chi connectivity index (χ0n) is 42.7. The van der Waals surface area contributed by atoms with Gasteiger partial charge in [-0.25, -0.2) is 23.3 Å². The van der Waals surface area contributed by atoms with Crippen LogP contribution in [-0.2, 0) is 48.5 Å². The van der Waals surface area contributed by atoms with E-state index in [4.69, 9.17) is 0 Å². The second kappa shape index (κ2) is 33.5. The van der Waals surface area contributed by atoms with Crippen LogP contribution in [0.1, 0.15) is 87.5 Å². The fraction of sp³-hybridized carbons (Fsp3) is 0.143. The third-order valence-corrected chi connectivity index (χ3v) is 15.3. The van der Waals surface area contributed by atoms with Gasteiger partial charge in [-0.1, -0.05) is 125 Å².